The molecule has 0 aromatic heterocycles. The Balaban J connectivity index is 1.93. The van der Waals surface area contributed by atoms with E-state index in [0.717, 1.165) is 35.6 Å². The Morgan fingerprint density at radius 2 is 2.10 bits per heavy atom. The van der Waals surface area contributed by atoms with Gasteiger partial charge in [0.05, 0.1) is 13.7 Å². The van der Waals surface area contributed by atoms with Gasteiger partial charge in [-0.25, -0.2) is 0 Å². The molecule has 0 heterocycles. The van der Waals surface area contributed by atoms with Gasteiger partial charge in [-0.05, 0) is 43.7 Å². The predicted molar refractivity (Wildman–Crippen MR) is 83.8 cm³/mol. The second-order valence-electron chi connectivity index (χ2n) is 5.82. The van der Waals surface area contributed by atoms with E-state index in [1.807, 2.05) is 19.1 Å². The second kappa shape index (κ2) is 7.41. The summed E-state index contributed by atoms with van der Waals surface area (Å²) < 4.78 is 10.9. The van der Waals surface area contributed by atoms with Gasteiger partial charge in [0.2, 0.25) is 0 Å². The molecule has 1 saturated carbocycles. The molecule has 1 N–H and O–H groups in total. The van der Waals surface area contributed by atoms with Gasteiger partial charge in [-0.1, -0.05) is 19.8 Å². The van der Waals surface area contributed by atoms with Crippen molar-refractivity contribution in [1.82, 2.24) is 0 Å². The van der Waals surface area contributed by atoms with Gasteiger partial charge in [0.1, 0.15) is 0 Å². The minimum atomic E-state index is 0.653. The molecule has 1 fully saturated rings. The molecule has 2 unspecified atom stereocenters. The number of ether oxygens (including phenoxy) is 2. The van der Waals surface area contributed by atoms with Crippen LogP contribution in [0.3, 0.4) is 0 Å². The van der Waals surface area contributed by atoms with Crippen molar-refractivity contribution in [2.75, 3.05) is 25.6 Å². The zero-order valence-corrected chi connectivity index (χ0v) is 12.9. The lowest BCUT2D eigenvalue weighted by atomic mass is 9.82. The second-order valence-corrected chi connectivity index (χ2v) is 5.82. The number of benzene rings is 1. The Kier molecular flexibility index (Phi) is 5.57. The van der Waals surface area contributed by atoms with E-state index < -0.39 is 0 Å². The van der Waals surface area contributed by atoms with Crippen LogP contribution in [0, 0.1) is 11.8 Å². The highest BCUT2D eigenvalue weighted by molar-refractivity contribution is 5.54. The third kappa shape index (κ3) is 4.06. The van der Waals surface area contributed by atoms with Crippen molar-refractivity contribution in [1.29, 1.82) is 0 Å². The fourth-order valence-corrected chi connectivity index (χ4v) is 3.06. The van der Waals surface area contributed by atoms with Crippen molar-refractivity contribution in [3.05, 3.63) is 18.2 Å². The van der Waals surface area contributed by atoms with Gasteiger partial charge in [0.25, 0.3) is 0 Å². The highest BCUT2D eigenvalue weighted by atomic mass is 16.5. The van der Waals surface area contributed by atoms with Gasteiger partial charge in [-0.3, -0.25) is 0 Å². The lowest BCUT2D eigenvalue weighted by Gasteiger charge is -2.27. The Bertz CT molecular complexity index is 419. The SMILES string of the molecule is CCOc1cc(NCC2CCCC(C)C2)ccc1OC. The molecule has 3 heteroatoms. The lowest BCUT2D eigenvalue weighted by molar-refractivity contribution is 0.293. The summed E-state index contributed by atoms with van der Waals surface area (Å²) >= 11 is 0. The predicted octanol–water partition coefficient (Wildman–Crippen LogP) is 4.33. The third-order valence-electron chi connectivity index (χ3n) is 4.10. The van der Waals surface area contributed by atoms with Crippen molar-refractivity contribution in [2.45, 2.75) is 39.5 Å². The first-order chi connectivity index (χ1) is 9.72. The zero-order chi connectivity index (χ0) is 14.4. The van der Waals surface area contributed by atoms with Crippen LogP contribution in [0.15, 0.2) is 18.2 Å². The average molecular weight is 277 g/mol. The number of hydrogen-bond donors (Lipinski definition) is 1. The molecule has 1 aliphatic carbocycles. The molecule has 2 atom stereocenters. The number of methoxy groups -OCH3 is 1. The molecule has 3 nitrogen and oxygen atoms in total. The standard InChI is InChI=1S/C17H27NO2/c1-4-20-17-11-15(8-9-16(17)19-3)18-12-14-7-5-6-13(2)10-14/h8-9,11,13-14,18H,4-7,10,12H2,1-3H3. The molecule has 1 aromatic carbocycles. The van der Waals surface area contributed by atoms with Gasteiger partial charge in [0.15, 0.2) is 11.5 Å². The molecule has 112 valence electrons. The van der Waals surface area contributed by atoms with Crippen LogP contribution in [-0.4, -0.2) is 20.3 Å². The molecule has 20 heavy (non-hydrogen) atoms. The highest BCUT2D eigenvalue weighted by Crippen LogP contribution is 2.32. The van der Waals surface area contributed by atoms with Crippen molar-refractivity contribution >= 4 is 5.69 Å². The Hall–Kier alpha value is -1.38. The maximum absolute atomic E-state index is 5.61. The third-order valence-corrected chi connectivity index (χ3v) is 4.10. The molecule has 0 spiro atoms. The smallest absolute Gasteiger partial charge is 0.163 e. The fraction of sp³-hybridized carbons (Fsp3) is 0.647. The van der Waals surface area contributed by atoms with Gasteiger partial charge >= 0.3 is 0 Å². The number of anilines is 1. The van der Waals surface area contributed by atoms with Gasteiger partial charge < -0.3 is 14.8 Å². The van der Waals surface area contributed by atoms with Crippen LogP contribution in [0.4, 0.5) is 5.69 Å². The van der Waals surface area contributed by atoms with E-state index >= 15 is 0 Å². The van der Waals surface area contributed by atoms with Crippen molar-refractivity contribution in [3.63, 3.8) is 0 Å². The maximum atomic E-state index is 5.61. The minimum absolute atomic E-state index is 0.653. The van der Waals surface area contributed by atoms with Crippen LogP contribution in [-0.2, 0) is 0 Å². The number of hydrogen-bond acceptors (Lipinski definition) is 3. The molecule has 1 aliphatic rings. The molecular formula is C17H27NO2. The molecule has 0 amide bonds. The fourth-order valence-electron chi connectivity index (χ4n) is 3.06. The molecule has 0 bridgehead atoms. The van der Waals surface area contributed by atoms with E-state index in [4.69, 9.17) is 9.47 Å². The Morgan fingerprint density at radius 3 is 2.80 bits per heavy atom. The number of rotatable bonds is 6. The molecule has 2 rings (SSSR count). The first kappa shape index (κ1) is 15.0. The quantitative estimate of drug-likeness (QED) is 0.839. The molecule has 0 aliphatic heterocycles. The monoisotopic (exact) mass is 277 g/mol. The van der Waals surface area contributed by atoms with Crippen LogP contribution >= 0.6 is 0 Å². The topological polar surface area (TPSA) is 30.5 Å². The van der Waals surface area contributed by atoms with E-state index in [1.165, 1.54) is 25.7 Å². The van der Waals surface area contributed by atoms with E-state index in [-0.39, 0.29) is 0 Å². The van der Waals surface area contributed by atoms with Gasteiger partial charge in [-0.15, -0.1) is 0 Å². The summed E-state index contributed by atoms with van der Waals surface area (Å²) in [4.78, 5) is 0. The van der Waals surface area contributed by atoms with Crippen LogP contribution in [0.5, 0.6) is 11.5 Å². The van der Waals surface area contributed by atoms with E-state index in [2.05, 4.69) is 18.3 Å². The Labute approximate surface area is 122 Å². The molecule has 1 aromatic rings. The Morgan fingerprint density at radius 1 is 1.25 bits per heavy atom. The molecular weight excluding hydrogens is 250 g/mol. The number of nitrogens with one attached hydrogen (secondary N) is 1. The van der Waals surface area contributed by atoms with Crippen molar-refractivity contribution < 1.29 is 9.47 Å². The first-order valence-electron chi connectivity index (χ1n) is 7.77. The van der Waals surface area contributed by atoms with E-state index in [0.29, 0.717) is 6.61 Å². The van der Waals surface area contributed by atoms with Crippen molar-refractivity contribution in [3.8, 4) is 11.5 Å². The lowest BCUT2D eigenvalue weighted by Crippen LogP contribution is -2.21. The van der Waals surface area contributed by atoms with Crippen LogP contribution < -0.4 is 14.8 Å². The summed E-state index contributed by atoms with van der Waals surface area (Å²) in [6.07, 6.45) is 5.47. The van der Waals surface area contributed by atoms with Gasteiger partial charge in [-0.2, -0.15) is 0 Å². The summed E-state index contributed by atoms with van der Waals surface area (Å²) in [7, 11) is 1.67. The van der Waals surface area contributed by atoms with Crippen LogP contribution in [0.25, 0.3) is 0 Å². The van der Waals surface area contributed by atoms with Crippen LogP contribution in [0.1, 0.15) is 39.5 Å². The minimum Gasteiger partial charge on any atom is -0.493 e. The summed E-state index contributed by atoms with van der Waals surface area (Å²) in [6, 6.07) is 6.07. The molecule has 0 saturated heterocycles. The van der Waals surface area contributed by atoms with Crippen molar-refractivity contribution in [2.24, 2.45) is 11.8 Å². The largest absolute Gasteiger partial charge is 0.493 e. The highest BCUT2D eigenvalue weighted by Gasteiger charge is 2.18. The summed E-state index contributed by atoms with van der Waals surface area (Å²) in [5.41, 5.74) is 1.12. The summed E-state index contributed by atoms with van der Waals surface area (Å²) in [6.45, 7) is 6.07. The average Bonchev–Trinajstić information content (AvgIpc) is 2.46. The maximum Gasteiger partial charge on any atom is 0.163 e. The zero-order valence-electron chi connectivity index (χ0n) is 12.9. The van der Waals surface area contributed by atoms with E-state index in [1.54, 1.807) is 7.11 Å². The summed E-state index contributed by atoms with van der Waals surface area (Å²) in [5.74, 6) is 3.29. The molecule has 0 radical (unpaired) electrons. The van der Waals surface area contributed by atoms with Crippen LogP contribution in [0.2, 0.25) is 0 Å². The van der Waals surface area contributed by atoms with E-state index in [9.17, 15) is 0 Å². The van der Waals surface area contributed by atoms with Gasteiger partial charge in [0, 0.05) is 18.3 Å². The first-order valence-corrected chi connectivity index (χ1v) is 7.77. The normalized spacial score (nSPS) is 22.4. The summed E-state index contributed by atoms with van der Waals surface area (Å²) in [5, 5.41) is 3.55.